The van der Waals surface area contributed by atoms with Crippen molar-refractivity contribution in [3.05, 3.63) is 126 Å². The third-order valence-corrected chi connectivity index (χ3v) is 7.19. The van der Waals surface area contributed by atoms with Crippen molar-refractivity contribution in [2.75, 3.05) is 5.32 Å². The summed E-state index contributed by atoms with van der Waals surface area (Å²) in [6.07, 6.45) is 0. The maximum Gasteiger partial charge on any atom is 0.133 e. The molecule has 0 bridgehead atoms. The molecule has 0 saturated heterocycles. The largest absolute Gasteiger partial charge is 0.340 e. The number of aryl methyl sites for hydroxylation is 1. The highest BCUT2D eigenvalue weighted by molar-refractivity contribution is 7.88. The zero-order valence-electron chi connectivity index (χ0n) is 17.1. The predicted molar refractivity (Wildman–Crippen MR) is 131 cm³/mol. The smallest absolute Gasteiger partial charge is 0.133 e. The van der Waals surface area contributed by atoms with Gasteiger partial charge in [-0.2, -0.15) is 0 Å². The molecule has 30 heavy (non-hydrogen) atoms. The van der Waals surface area contributed by atoms with Crippen molar-refractivity contribution in [1.29, 1.82) is 0 Å². The van der Waals surface area contributed by atoms with Gasteiger partial charge in [0.2, 0.25) is 0 Å². The fourth-order valence-electron chi connectivity index (χ4n) is 3.30. The van der Waals surface area contributed by atoms with Crippen LogP contribution in [-0.4, -0.2) is 5.58 Å². The van der Waals surface area contributed by atoms with Gasteiger partial charge in [-0.3, -0.25) is 4.99 Å². The van der Waals surface area contributed by atoms with Crippen LogP contribution in [0.3, 0.4) is 0 Å². The van der Waals surface area contributed by atoms with Crippen LogP contribution in [0.5, 0.6) is 0 Å². The molecule has 0 saturated carbocycles. The average molecular weight is 408 g/mol. The normalized spacial score (nSPS) is 11.5. The van der Waals surface area contributed by atoms with Gasteiger partial charge in [-0.25, -0.2) is 0 Å². The highest BCUT2D eigenvalue weighted by Gasteiger charge is 2.21. The van der Waals surface area contributed by atoms with E-state index in [0.29, 0.717) is 6.54 Å². The molecule has 3 heteroatoms. The minimum Gasteiger partial charge on any atom is -0.340 e. The third kappa shape index (κ3) is 5.03. The summed E-state index contributed by atoms with van der Waals surface area (Å²) in [5.41, 5.74) is 4.53. The number of hydrogen-bond acceptors (Lipinski definition) is 1. The second kappa shape index (κ2) is 10.0. The highest BCUT2D eigenvalue weighted by atomic mass is 31.1. The van der Waals surface area contributed by atoms with Crippen molar-refractivity contribution in [2.24, 2.45) is 4.99 Å². The van der Waals surface area contributed by atoms with Gasteiger partial charge in [-0.1, -0.05) is 109 Å². The molecular weight excluding hydrogens is 383 g/mol. The van der Waals surface area contributed by atoms with Crippen molar-refractivity contribution in [3.63, 3.8) is 0 Å². The van der Waals surface area contributed by atoms with Crippen LogP contribution in [-0.2, 0) is 6.54 Å². The number of para-hydroxylation sites is 1. The summed E-state index contributed by atoms with van der Waals surface area (Å²) in [7, 11) is -0.808. The van der Waals surface area contributed by atoms with E-state index in [4.69, 9.17) is 4.99 Å². The summed E-state index contributed by atoms with van der Waals surface area (Å²) in [4.78, 5) is 5.12. The van der Waals surface area contributed by atoms with Crippen molar-refractivity contribution < 1.29 is 0 Å². The van der Waals surface area contributed by atoms with Gasteiger partial charge in [0.25, 0.3) is 0 Å². The second-order valence-corrected chi connectivity index (χ2v) is 9.20. The first-order valence-corrected chi connectivity index (χ1v) is 11.5. The molecule has 0 heterocycles. The molecule has 4 aromatic carbocycles. The molecular formula is C27H25N2P. The van der Waals surface area contributed by atoms with E-state index >= 15 is 0 Å². The van der Waals surface area contributed by atoms with E-state index in [1.807, 2.05) is 6.07 Å². The Kier molecular flexibility index (Phi) is 6.69. The van der Waals surface area contributed by atoms with Gasteiger partial charge >= 0.3 is 0 Å². The van der Waals surface area contributed by atoms with Gasteiger partial charge in [0.15, 0.2) is 0 Å². The molecule has 148 valence electrons. The third-order valence-electron chi connectivity index (χ3n) is 4.89. The molecule has 1 N–H and O–H groups in total. The summed E-state index contributed by atoms with van der Waals surface area (Å²) >= 11 is 0. The van der Waals surface area contributed by atoms with Crippen LogP contribution in [0, 0.1) is 6.92 Å². The molecule has 0 atom stereocenters. The number of benzene rings is 4. The Hall–Kier alpha value is -3.22. The van der Waals surface area contributed by atoms with Crippen molar-refractivity contribution in [2.45, 2.75) is 13.5 Å². The quantitative estimate of drug-likeness (QED) is 0.233. The first kappa shape index (κ1) is 20.1. The van der Waals surface area contributed by atoms with Gasteiger partial charge in [-0.15, -0.1) is 0 Å². The Morgan fingerprint density at radius 1 is 0.667 bits per heavy atom. The maximum absolute atomic E-state index is 5.12. The topological polar surface area (TPSA) is 24.4 Å². The van der Waals surface area contributed by atoms with Crippen LogP contribution in [0.25, 0.3) is 0 Å². The molecule has 0 unspecified atom stereocenters. The molecule has 4 rings (SSSR count). The van der Waals surface area contributed by atoms with E-state index in [1.165, 1.54) is 21.7 Å². The Morgan fingerprint density at radius 3 is 1.73 bits per heavy atom. The molecule has 0 aliphatic heterocycles. The number of nitrogens with zero attached hydrogens (tertiary/aromatic N) is 1. The van der Waals surface area contributed by atoms with E-state index in [2.05, 4.69) is 121 Å². The Bertz CT molecular complexity index is 1050. The molecule has 0 aliphatic carbocycles. The summed E-state index contributed by atoms with van der Waals surface area (Å²) in [5, 5.41) is 6.26. The summed E-state index contributed by atoms with van der Waals surface area (Å²) in [6, 6.07) is 40.2. The lowest BCUT2D eigenvalue weighted by Crippen LogP contribution is -2.24. The van der Waals surface area contributed by atoms with Gasteiger partial charge in [0.05, 0.1) is 6.54 Å². The van der Waals surface area contributed by atoms with Crippen LogP contribution in [0.15, 0.2) is 120 Å². The highest BCUT2D eigenvalue weighted by Crippen LogP contribution is 2.36. The molecule has 0 aromatic heterocycles. The Balaban J connectivity index is 1.79. The van der Waals surface area contributed by atoms with E-state index in [9.17, 15) is 0 Å². The number of rotatable bonds is 6. The van der Waals surface area contributed by atoms with Gasteiger partial charge in [0, 0.05) is 13.6 Å². The molecule has 0 fully saturated rings. The number of amidine groups is 1. The van der Waals surface area contributed by atoms with Crippen molar-refractivity contribution >= 4 is 29.8 Å². The minimum absolute atomic E-state index is 0.646. The zero-order valence-corrected chi connectivity index (χ0v) is 18.0. The molecule has 0 amide bonds. The first-order valence-electron chi connectivity index (χ1n) is 10.1. The Morgan fingerprint density at radius 2 is 1.17 bits per heavy atom. The van der Waals surface area contributed by atoms with Gasteiger partial charge < -0.3 is 5.32 Å². The summed E-state index contributed by atoms with van der Waals surface area (Å²) in [5.74, 6) is 0. The SMILES string of the molecule is Cc1ccccc1NC(=NCc1ccccc1)P(c1ccccc1)c1ccccc1. The van der Waals surface area contributed by atoms with E-state index in [-0.39, 0.29) is 0 Å². The standard InChI is InChI=1S/C27H25N2P/c1-22-13-11-12-20-26(22)29-27(28-21-23-14-5-2-6-15-23)30(24-16-7-3-8-17-24)25-18-9-4-10-19-25/h2-20H,21H2,1H3,(H,28,29). The van der Waals surface area contributed by atoms with Crippen LogP contribution >= 0.6 is 7.92 Å². The van der Waals surface area contributed by atoms with Crippen molar-refractivity contribution in [1.82, 2.24) is 0 Å². The molecule has 0 spiro atoms. The van der Waals surface area contributed by atoms with Gasteiger partial charge in [0.1, 0.15) is 5.58 Å². The molecule has 4 aromatic rings. The van der Waals surface area contributed by atoms with Crippen molar-refractivity contribution in [3.8, 4) is 0 Å². The van der Waals surface area contributed by atoms with E-state index in [1.54, 1.807) is 0 Å². The number of aliphatic imine (C=N–C) groups is 1. The molecule has 0 aliphatic rings. The zero-order chi connectivity index (χ0) is 20.6. The fraction of sp³-hybridized carbons (Fsp3) is 0.0741. The lowest BCUT2D eigenvalue weighted by molar-refractivity contribution is 1.07. The molecule has 0 radical (unpaired) electrons. The number of hydrogen-bond donors (Lipinski definition) is 1. The number of anilines is 1. The second-order valence-electron chi connectivity index (χ2n) is 7.07. The maximum atomic E-state index is 5.12. The lowest BCUT2D eigenvalue weighted by atomic mass is 10.2. The number of nitrogens with one attached hydrogen (secondary N) is 1. The minimum atomic E-state index is -0.808. The Labute approximate surface area is 180 Å². The van der Waals surface area contributed by atoms with E-state index < -0.39 is 7.92 Å². The monoisotopic (exact) mass is 408 g/mol. The van der Waals surface area contributed by atoms with Crippen LogP contribution in [0.1, 0.15) is 11.1 Å². The van der Waals surface area contributed by atoms with Crippen LogP contribution in [0.2, 0.25) is 0 Å². The van der Waals surface area contributed by atoms with Crippen LogP contribution < -0.4 is 15.9 Å². The summed E-state index contributed by atoms with van der Waals surface area (Å²) in [6.45, 7) is 2.78. The average Bonchev–Trinajstić information content (AvgIpc) is 2.81. The summed E-state index contributed by atoms with van der Waals surface area (Å²) < 4.78 is 0. The van der Waals surface area contributed by atoms with E-state index in [0.717, 1.165) is 11.3 Å². The molecule has 2 nitrogen and oxygen atoms in total. The predicted octanol–water partition coefficient (Wildman–Crippen LogP) is 6.10. The van der Waals surface area contributed by atoms with Gasteiger partial charge in [-0.05, 0) is 34.7 Å². The first-order chi connectivity index (χ1) is 14.8. The fourth-order valence-corrected chi connectivity index (χ4v) is 5.47. The van der Waals surface area contributed by atoms with Crippen LogP contribution in [0.4, 0.5) is 5.69 Å². The lowest BCUT2D eigenvalue weighted by Gasteiger charge is -2.23.